The zero-order chi connectivity index (χ0) is 20.8. The van der Waals surface area contributed by atoms with Crippen LogP contribution in [0.4, 0.5) is 0 Å². The molecule has 1 saturated heterocycles. The molecule has 1 heterocycles. The van der Waals surface area contributed by atoms with E-state index >= 15 is 0 Å². The lowest BCUT2D eigenvalue weighted by Gasteiger charge is -2.33. The van der Waals surface area contributed by atoms with Crippen molar-refractivity contribution >= 4 is 11.8 Å². The van der Waals surface area contributed by atoms with Crippen molar-refractivity contribution in [2.75, 3.05) is 33.7 Å². The van der Waals surface area contributed by atoms with E-state index in [1.165, 1.54) is 5.56 Å². The molecule has 3 rings (SSSR count). The van der Waals surface area contributed by atoms with Crippen LogP contribution in [0.25, 0.3) is 0 Å². The van der Waals surface area contributed by atoms with Gasteiger partial charge in [-0.1, -0.05) is 48.0 Å². The van der Waals surface area contributed by atoms with Gasteiger partial charge in [0.2, 0.25) is 5.91 Å². The normalized spacial score (nSPS) is 17.8. The first-order valence-electron chi connectivity index (χ1n) is 10.3. The Balaban J connectivity index is 1.59. The SMILES string of the molecule is Cc1ccc(C(=O)N2CCCC(C(=O)NCC(c3ccccc3)N(C)C)C2)cc1. The van der Waals surface area contributed by atoms with Crippen LogP contribution >= 0.6 is 0 Å². The quantitative estimate of drug-likeness (QED) is 0.820. The summed E-state index contributed by atoms with van der Waals surface area (Å²) < 4.78 is 0. The van der Waals surface area contributed by atoms with Gasteiger partial charge < -0.3 is 15.1 Å². The topological polar surface area (TPSA) is 52.7 Å². The Bertz CT molecular complexity index is 818. The van der Waals surface area contributed by atoms with Crippen molar-refractivity contribution in [3.05, 3.63) is 71.3 Å². The molecule has 2 aromatic carbocycles. The number of nitrogens with one attached hydrogen (secondary N) is 1. The van der Waals surface area contributed by atoms with Crippen molar-refractivity contribution in [2.24, 2.45) is 5.92 Å². The first kappa shape index (κ1) is 21.1. The standard InChI is InChI=1S/C24H31N3O2/c1-18-11-13-20(14-12-18)24(29)27-15-7-10-21(17-27)23(28)25-16-22(26(2)3)19-8-5-4-6-9-19/h4-6,8-9,11-14,21-22H,7,10,15-17H2,1-3H3,(H,25,28). The highest BCUT2D eigenvalue weighted by Gasteiger charge is 2.29. The van der Waals surface area contributed by atoms with Gasteiger partial charge in [-0.15, -0.1) is 0 Å². The molecule has 29 heavy (non-hydrogen) atoms. The number of piperidine rings is 1. The summed E-state index contributed by atoms with van der Waals surface area (Å²) in [5.74, 6) is -0.108. The van der Waals surface area contributed by atoms with E-state index in [1.807, 2.05) is 68.4 Å². The summed E-state index contributed by atoms with van der Waals surface area (Å²) in [5, 5.41) is 3.12. The van der Waals surface area contributed by atoms with Crippen LogP contribution in [-0.4, -0.2) is 55.3 Å². The van der Waals surface area contributed by atoms with Gasteiger partial charge in [0.15, 0.2) is 0 Å². The van der Waals surface area contributed by atoms with Crippen molar-refractivity contribution in [2.45, 2.75) is 25.8 Å². The van der Waals surface area contributed by atoms with Crippen LogP contribution in [0.2, 0.25) is 0 Å². The lowest BCUT2D eigenvalue weighted by atomic mass is 9.96. The van der Waals surface area contributed by atoms with Crippen molar-refractivity contribution in [1.82, 2.24) is 15.1 Å². The van der Waals surface area contributed by atoms with Gasteiger partial charge in [-0.05, 0) is 51.6 Å². The number of carbonyl (C=O) groups is 2. The molecule has 0 aromatic heterocycles. The van der Waals surface area contributed by atoms with Crippen LogP contribution in [0.5, 0.6) is 0 Å². The van der Waals surface area contributed by atoms with Gasteiger partial charge in [0, 0.05) is 25.2 Å². The van der Waals surface area contributed by atoms with Crippen LogP contribution in [0, 0.1) is 12.8 Å². The molecule has 0 radical (unpaired) electrons. The fourth-order valence-electron chi connectivity index (χ4n) is 3.87. The predicted molar refractivity (Wildman–Crippen MR) is 116 cm³/mol. The number of benzene rings is 2. The van der Waals surface area contributed by atoms with E-state index in [9.17, 15) is 9.59 Å². The molecule has 1 fully saturated rings. The fourth-order valence-corrected chi connectivity index (χ4v) is 3.87. The Morgan fingerprint density at radius 1 is 1.10 bits per heavy atom. The summed E-state index contributed by atoms with van der Waals surface area (Å²) in [6.07, 6.45) is 1.67. The number of rotatable bonds is 6. The smallest absolute Gasteiger partial charge is 0.253 e. The molecule has 0 spiro atoms. The molecular weight excluding hydrogens is 362 g/mol. The summed E-state index contributed by atoms with van der Waals surface area (Å²) in [7, 11) is 4.04. The summed E-state index contributed by atoms with van der Waals surface area (Å²) in [6.45, 7) is 3.75. The second kappa shape index (κ2) is 9.70. The Hall–Kier alpha value is -2.66. The van der Waals surface area contributed by atoms with Crippen LogP contribution in [0.1, 0.15) is 40.4 Å². The average molecular weight is 394 g/mol. The van der Waals surface area contributed by atoms with E-state index in [0.29, 0.717) is 25.2 Å². The third-order valence-electron chi connectivity index (χ3n) is 5.66. The van der Waals surface area contributed by atoms with Crippen LogP contribution in [0.3, 0.4) is 0 Å². The molecule has 2 unspecified atom stereocenters. The number of likely N-dealkylation sites (N-methyl/N-ethyl adjacent to an activating group) is 1. The van der Waals surface area contributed by atoms with Crippen LogP contribution in [-0.2, 0) is 4.79 Å². The zero-order valence-electron chi connectivity index (χ0n) is 17.6. The number of aryl methyl sites for hydroxylation is 1. The molecule has 2 atom stereocenters. The van der Waals surface area contributed by atoms with Crippen molar-refractivity contribution in [3.8, 4) is 0 Å². The third kappa shape index (κ3) is 5.45. The maximum atomic E-state index is 12.8. The first-order valence-corrected chi connectivity index (χ1v) is 10.3. The highest BCUT2D eigenvalue weighted by Crippen LogP contribution is 2.21. The van der Waals surface area contributed by atoms with Crippen molar-refractivity contribution in [1.29, 1.82) is 0 Å². The van der Waals surface area contributed by atoms with Gasteiger partial charge in [-0.3, -0.25) is 9.59 Å². The third-order valence-corrected chi connectivity index (χ3v) is 5.66. The Kier molecular flexibility index (Phi) is 7.04. The minimum absolute atomic E-state index is 0.0120. The van der Waals surface area contributed by atoms with Gasteiger partial charge >= 0.3 is 0 Å². The van der Waals surface area contributed by atoms with Crippen molar-refractivity contribution < 1.29 is 9.59 Å². The van der Waals surface area contributed by atoms with Gasteiger partial charge in [-0.2, -0.15) is 0 Å². The molecular formula is C24H31N3O2. The van der Waals surface area contributed by atoms with E-state index in [2.05, 4.69) is 22.3 Å². The Labute approximate surface area is 173 Å². The van der Waals surface area contributed by atoms with Crippen LogP contribution in [0.15, 0.2) is 54.6 Å². The summed E-state index contributed by atoms with van der Waals surface area (Å²) in [6, 6.07) is 17.9. The summed E-state index contributed by atoms with van der Waals surface area (Å²) in [4.78, 5) is 29.6. The number of carbonyl (C=O) groups excluding carboxylic acids is 2. The number of nitrogens with zero attached hydrogens (tertiary/aromatic N) is 2. The fraction of sp³-hybridized carbons (Fsp3) is 0.417. The lowest BCUT2D eigenvalue weighted by molar-refractivity contribution is -0.126. The van der Waals surface area contributed by atoms with Gasteiger partial charge in [0.05, 0.1) is 12.0 Å². The van der Waals surface area contributed by atoms with E-state index in [1.54, 1.807) is 0 Å². The van der Waals surface area contributed by atoms with E-state index < -0.39 is 0 Å². The van der Waals surface area contributed by atoms with E-state index in [4.69, 9.17) is 0 Å². The van der Waals surface area contributed by atoms with Crippen LogP contribution < -0.4 is 5.32 Å². The Morgan fingerprint density at radius 2 is 1.79 bits per heavy atom. The molecule has 1 aliphatic rings. The average Bonchev–Trinajstić information content (AvgIpc) is 2.74. The highest BCUT2D eigenvalue weighted by molar-refractivity contribution is 5.94. The minimum Gasteiger partial charge on any atom is -0.354 e. The van der Waals surface area contributed by atoms with E-state index in [-0.39, 0.29) is 23.8 Å². The molecule has 154 valence electrons. The molecule has 0 aliphatic carbocycles. The molecule has 0 bridgehead atoms. The molecule has 2 aromatic rings. The van der Waals surface area contributed by atoms with Gasteiger partial charge in [0.25, 0.3) is 5.91 Å². The number of hydrogen-bond donors (Lipinski definition) is 1. The molecule has 5 nitrogen and oxygen atoms in total. The van der Waals surface area contributed by atoms with Gasteiger partial charge in [-0.25, -0.2) is 0 Å². The molecule has 5 heteroatoms. The first-order chi connectivity index (χ1) is 14.0. The molecule has 1 N–H and O–H groups in total. The highest BCUT2D eigenvalue weighted by atomic mass is 16.2. The predicted octanol–water partition coefficient (Wildman–Crippen LogP) is 3.27. The van der Waals surface area contributed by atoms with Gasteiger partial charge in [0.1, 0.15) is 0 Å². The minimum atomic E-state index is -0.156. The molecule has 0 saturated carbocycles. The number of hydrogen-bond acceptors (Lipinski definition) is 3. The molecule has 1 aliphatic heterocycles. The summed E-state index contributed by atoms with van der Waals surface area (Å²) in [5.41, 5.74) is 3.00. The monoisotopic (exact) mass is 393 g/mol. The zero-order valence-corrected chi connectivity index (χ0v) is 17.6. The number of amides is 2. The largest absolute Gasteiger partial charge is 0.354 e. The number of likely N-dealkylation sites (tertiary alicyclic amines) is 1. The maximum absolute atomic E-state index is 12.8. The van der Waals surface area contributed by atoms with Crippen molar-refractivity contribution in [3.63, 3.8) is 0 Å². The Morgan fingerprint density at radius 3 is 2.45 bits per heavy atom. The maximum Gasteiger partial charge on any atom is 0.253 e. The second-order valence-corrected chi connectivity index (χ2v) is 8.09. The molecule has 2 amide bonds. The van der Waals surface area contributed by atoms with E-state index in [0.717, 1.165) is 18.4 Å². The lowest BCUT2D eigenvalue weighted by Crippen LogP contribution is -2.46. The summed E-state index contributed by atoms with van der Waals surface area (Å²) >= 11 is 0. The second-order valence-electron chi connectivity index (χ2n) is 8.09.